The van der Waals surface area contributed by atoms with Crippen molar-refractivity contribution in [1.29, 1.82) is 0 Å². The van der Waals surface area contributed by atoms with Crippen LogP contribution in [-0.2, 0) is 0 Å². The maximum atomic E-state index is 9.45. The molecule has 6 heteroatoms. The smallest absolute Gasteiger partial charge is 0.140 e. The molecular formula is C11H15N3O2S. The number of hydrogen-bond acceptors (Lipinski definition) is 6. The fourth-order valence-corrected chi connectivity index (χ4v) is 2.50. The maximum Gasteiger partial charge on any atom is 0.140 e. The van der Waals surface area contributed by atoms with Crippen LogP contribution >= 0.6 is 11.3 Å². The fourth-order valence-electron chi connectivity index (χ4n) is 1.69. The van der Waals surface area contributed by atoms with Crippen molar-refractivity contribution in [3.63, 3.8) is 0 Å². The molecule has 0 fully saturated rings. The Morgan fingerprint density at radius 3 is 2.94 bits per heavy atom. The van der Waals surface area contributed by atoms with E-state index in [9.17, 15) is 5.11 Å². The van der Waals surface area contributed by atoms with Crippen LogP contribution in [0.1, 0.15) is 5.82 Å². The Labute approximate surface area is 103 Å². The summed E-state index contributed by atoms with van der Waals surface area (Å²) in [6.45, 7) is 1.94. The minimum Gasteiger partial charge on any atom is -0.394 e. The van der Waals surface area contributed by atoms with E-state index in [1.54, 1.807) is 11.3 Å². The predicted molar refractivity (Wildman–Crippen MR) is 68.5 cm³/mol. The van der Waals surface area contributed by atoms with Gasteiger partial charge < -0.3 is 15.1 Å². The van der Waals surface area contributed by atoms with Crippen LogP contribution in [0.2, 0.25) is 0 Å². The van der Waals surface area contributed by atoms with Gasteiger partial charge in [-0.15, -0.1) is 11.3 Å². The van der Waals surface area contributed by atoms with Crippen LogP contribution in [0.15, 0.2) is 11.4 Å². The van der Waals surface area contributed by atoms with Gasteiger partial charge in [0.15, 0.2) is 0 Å². The zero-order valence-corrected chi connectivity index (χ0v) is 10.6. The molecule has 2 aromatic rings. The maximum absolute atomic E-state index is 9.45. The van der Waals surface area contributed by atoms with E-state index in [1.807, 2.05) is 30.3 Å². The summed E-state index contributed by atoms with van der Waals surface area (Å²) in [6.07, 6.45) is -0.760. The molecule has 92 valence electrons. The lowest BCUT2D eigenvalue weighted by atomic mass is 10.3. The summed E-state index contributed by atoms with van der Waals surface area (Å²) >= 11 is 1.57. The van der Waals surface area contributed by atoms with Crippen LogP contribution in [0, 0.1) is 6.92 Å². The molecule has 0 aliphatic rings. The van der Waals surface area contributed by atoms with Crippen molar-refractivity contribution < 1.29 is 10.2 Å². The standard InChI is InChI=1S/C11H15N3O2S/c1-7-12-10(14(2)5-8(16)6-15)9-3-4-17-11(9)13-7/h3-4,8,15-16H,5-6H2,1-2H3/t8-/m0/s1. The van der Waals surface area contributed by atoms with Gasteiger partial charge in [-0.2, -0.15) is 0 Å². The van der Waals surface area contributed by atoms with Crippen molar-refractivity contribution in [2.75, 3.05) is 25.1 Å². The van der Waals surface area contributed by atoms with E-state index in [0.717, 1.165) is 16.0 Å². The summed E-state index contributed by atoms with van der Waals surface area (Å²) in [5, 5.41) is 21.3. The lowest BCUT2D eigenvalue weighted by Crippen LogP contribution is -2.32. The summed E-state index contributed by atoms with van der Waals surface area (Å²) in [5.41, 5.74) is 0. The second kappa shape index (κ2) is 4.95. The molecule has 1 atom stereocenters. The lowest BCUT2D eigenvalue weighted by Gasteiger charge is -2.21. The zero-order chi connectivity index (χ0) is 12.4. The number of aliphatic hydroxyl groups is 2. The van der Waals surface area contributed by atoms with Gasteiger partial charge >= 0.3 is 0 Å². The third-order valence-electron chi connectivity index (χ3n) is 2.47. The van der Waals surface area contributed by atoms with Gasteiger partial charge in [0, 0.05) is 13.6 Å². The second-order valence-electron chi connectivity index (χ2n) is 3.95. The summed E-state index contributed by atoms with van der Waals surface area (Å²) in [5.74, 6) is 1.50. The molecule has 0 saturated heterocycles. The first-order chi connectivity index (χ1) is 8.11. The second-order valence-corrected chi connectivity index (χ2v) is 4.85. The van der Waals surface area contributed by atoms with Crippen molar-refractivity contribution in [3.8, 4) is 0 Å². The number of aliphatic hydroxyl groups excluding tert-OH is 2. The first-order valence-corrected chi connectivity index (χ1v) is 6.21. The molecule has 0 aromatic carbocycles. The zero-order valence-electron chi connectivity index (χ0n) is 9.79. The van der Waals surface area contributed by atoms with E-state index >= 15 is 0 Å². The van der Waals surface area contributed by atoms with Gasteiger partial charge in [-0.25, -0.2) is 9.97 Å². The van der Waals surface area contributed by atoms with Gasteiger partial charge in [0.2, 0.25) is 0 Å². The van der Waals surface area contributed by atoms with Gasteiger partial charge in [-0.1, -0.05) is 0 Å². The molecule has 0 spiro atoms. The number of aromatic nitrogens is 2. The van der Waals surface area contributed by atoms with Crippen molar-refractivity contribution in [2.24, 2.45) is 0 Å². The summed E-state index contributed by atoms with van der Waals surface area (Å²) < 4.78 is 0. The Balaban J connectivity index is 2.36. The van der Waals surface area contributed by atoms with Crippen LogP contribution in [0.25, 0.3) is 10.2 Å². The Kier molecular flexibility index (Phi) is 3.56. The molecule has 2 N–H and O–H groups in total. The molecule has 0 bridgehead atoms. The van der Waals surface area contributed by atoms with Crippen LogP contribution in [0.4, 0.5) is 5.82 Å². The van der Waals surface area contributed by atoms with E-state index in [4.69, 9.17) is 5.11 Å². The highest BCUT2D eigenvalue weighted by atomic mass is 32.1. The number of nitrogens with zero attached hydrogens (tertiary/aromatic N) is 3. The predicted octanol–water partition coefficient (Wildman–Crippen LogP) is 0.789. The minimum absolute atomic E-state index is 0.249. The highest BCUT2D eigenvalue weighted by Gasteiger charge is 2.13. The molecule has 17 heavy (non-hydrogen) atoms. The lowest BCUT2D eigenvalue weighted by molar-refractivity contribution is 0.101. The van der Waals surface area contributed by atoms with Gasteiger partial charge in [-0.05, 0) is 18.4 Å². The van der Waals surface area contributed by atoms with Gasteiger partial charge in [0.1, 0.15) is 16.5 Å². The first-order valence-electron chi connectivity index (χ1n) is 5.33. The molecule has 0 unspecified atom stereocenters. The highest BCUT2D eigenvalue weighted by molar-refractivity contribution is 7.16. The van der Waals surface area contributed by atoms with Crippen molar-refractivity contribution >= 4 is 27.4 Å². The normalized spacial score (nSPS) is 12.9. The first kappa shape index (κ1) is 12.2. The van der Waals surface area contributed by atoms with Crippen LogP contribution in [0.5, 0.6) is 0 Å². The Morgan fingerprint density at radius 2 is 2.24 bits per heavy atom. The number of rotatable bonds is 4. The number of anilines is 1. The van der Waals surface area contributed by atoms with E-state index in [2.05, 4.69) is 9.97 Å². The number of hydrogen-bond donors (Lipinski definition) is 2. The summed E-state index contributed by atoms with van der Waals surface area (Å²) in [7, 11) is 1.84. The van der Waals surface area contributed by atoms with Gasteiger partial charge in [-0.3, -0.25) is 0 Å². The van der Waals surface area contributed by atoms with Gasteiger partial charge in [0.25, 0.3) is 0 Å². The Bertz CT molecular complexity index is 514. The topological polar surface area (TPSA) is 69.5 Å². The molecule has 0 aliphatic carbocycles. The molecule has 2 aromatic heterocycles. The quantitative estimate of drug-likeness (QED) is 0.843. The Morgan fingerprint density at radius 1 is 1.47 bits per heavy atom. The fraction of sp³-hybridized carbons (Fsp3) is 0.455. The Hall–Kier alpha value is -1.24. The van der Waals surface area contributed by atoms with Crippen LogP contribution < -0.4 is 4.90 Å². The third kappa shape index (κ3) is 2.54. The average molecular weight is 253 g/mol. The number of thiophene rings is 1. The SMILES string of the molecule is Cc1nc(N(C)C[C@H](O)CO)c2ccsc2n1. The average Bonchev–Trinajstić information content (AvgIpc) is 2.75. The van der Waals surface area contributed by atoms with Gasteiger partial charge in [0.05, 0.1) is 18.1 Å². The van der Waals surface area contributed by atoms with Crippen LogP contribution in [-0.4, -0.2) is 46.5 Å². The number of likely N-dealkylation sites (N-methyl/N-ethyl adjacent to an activating group) is 1. The van der Waals surface area contributed by atoms with E-state index in [-0.39, 0.29) is 6.61 Å². The molecule has 0 radical (unpaired) electrons. The number of fused-ring (bicyclic) bond motifs is 1. The van der Waals surface area contributed by atoms with Crippen LogP contribution in [0.3, 0.4) is 0 Å². The molecule has 5 nitrogen and oxygen atoms in total. The van der Waals surface area contributed by atoms with Crippen molar-refractivity contribution in [2.45, 2.75) is 13.0 Å². The molecular weight excluding hydrogens is 238 g/mol. The van der Waals surface area contributed by atoms with E-state index in [0.29, 0.717) is 12.4 Å². The summed E-state index contributed by atoms with van der Waals surface area (Å²) in [6, 6.07) is 1.97. The monoisotopic (exact) mass is 253 g/mol. The molecule has 2 heterocycles. The van der Waals surface area contributed by atoms with Crippen molar-refractivity contribution in [3.05, 3.63) is 17.3 Å². The molecule has 0 amide bonds. The molecule has 0 aliphatic heterocycles. The number of aryl methyl sites for hydroxylation is 1. The van der Waals surface area contributed by atoms with E-state index in [1.165, 1.54) is 0 Å². The molecule has 2 rings (SSSR count). The van der Waals surface area contributed by atoms with E-state index < -0.39 is 6.10 Å². The minimum atomic E-state index is -0.760. The summed E-state index contributed by atoms with van der Waals surface area (Å²) in [4.78, 5) is 11.5. The molecule has 0 saturated carbocycles. The third-order valence-corrected chi connectivity index (χ3v) is 3.28. The largest absolute Gasteiger partial charge is 0.394 e. The highest BCUT2D eigenvalue weighted by Crippen LogP contribution is 2.27. The van der Waals surface area contributed by atoms with Crippen molar-refractivity contribution in [1.82, 2.24) is 9.97 Å².